The zero-order valence-corrected chi connectivity index (χ0v) is 9.61. The van der Waals surface area contributed by atoms with Crippen LogP contribution in [-0.2, 0) is 14.3 Å². The SMILES string of the molecule is O=C(OC1CC2C=CC1C(=O)O2)c1ccccc1. The number of rotatable bonds is 2. The van der Waals surface area contributed by atoms with Crippen molar-refractivity contribution in [2.24, 2.45) is 5.92 Å². The largest absolute Gasteiger partial charge is 0.457 e. The van der Waals surface area contributed by atoms with Crippen molar-refractivity contribution in [3.63, 3.8) is 0 Å². The van der Waals surface area contributed by atoms with E-state index in [1.807, 2.05) is 12.1 Å². The highest BCUT2D eigenvalue weighted by Crippen LogP contribution is 2.31. The number of esters is 2. The van der Waals surface area contributed by atoms with Crippen LogP contribution < -0.4 is 0 Å². The second-order valence-electron chi connectivity index (χ2n) is 4.43. The summed E-state index contributed by atoms with van der Waals surface area (Å²) in [5.41, 5.74) is 0.497. The van der Waals surface area contributed by atoms with Crippen molar-refractivity contribution in [1.29, 1.82) is 0 Å². The Labute approximate surface area is 104 Å². The molecule has 2 bridgehead atoms. The third-order valence-corrected chi connectivity index (χ3v) is 3.21. The van der Waals surface area contributed by atoms with Crippen molar-refractivity contribution < 1.29 is 19.1 Å². The van der Waals surface area contributed by atoms with Gasteiger partial charge >= 0.3 is 11.9 Å². The van der Waals surface area contributed by atoms with Crippen LogP contribution in [0, 0.1) is 5.92 Å². The first-order chi connectivity index (χ1) is 8.74. The molecule has 1 aromatic carbocycles. The maximum absolute atomic E-state index is 11.9. The molecule has 3 aliphatic rings. The molecule has 18 heavy (non-hydrogen) atoms. The van der Waals surface area contributed by atoms with Gasteiger partial charge in [0.15, 0.2) is 0 Å². The van der Waals surface area contributed by atoms with Gasteiger partial charge in [0, 0.05) is 6.42 Å². The van der Waals surface area contributed by atoms with E-state index in [0.29, 0.717) is 12.0 Å². The van der Waals surface area contributed by atoms with Gasteiger partial charge in [0.2, 0.25) is 0 Å². The molecule has 1 fully saturated rings. The van der Waals surface area contributed by atoms with E-state index in [2.05, 4.69) is 0 Å². The van der Waals surface area contributed by atoms with Crippen LogP contribution in [0.3, 0.4) is 0 Å². The van der Waals surface area contributed by atoms with Gasteiger partial charge in [-0.1, -0.05) is 24.3 Å². The Kier molecular flexibility index (Phi) is 2.63. The molecular formula is C14H12O4. The van der Waals surface area contributed by atoms with Crippen LogP contribution in [-0.4, -0.2) is 24.1 Å². The topological polar surface area (TPSA) is 52.6 Å². The average molecular weight is 244 g/mol. The molecule has 4 nitrogen and oxygen atoms in total. The molecule has 3 atom stereocenters. The summed E-state index contributed by atoms with van der Waals surface area (Å²) >= 11 is 0. The summed E-state index contributed by atoms with van der Waals surface area (Å²) < 4.78 is 10.5. The summed E-state index contributed by atoms with van der Waals surface area (Å²) in [5, 5.41) is 0. The molecule has 1 saturated heterocycles. The van der Waals surface area contributed by atoms with Gasteiger partial charge in [0.05, 0.1) is 5.56 Å². The van der Waals surface area contributed by atoms with Gasteiger partial charge in [0.1, 0.15) is 18.1 Å². The molecule has 0 amide bonds. The lowest BCUT2D eigenvalue weighted by Crippen LogP contribution is -2.45. The van der Waals surface area contributed by atoms with E-state index in [-0.39, 0.29) is 12.1 Å². The second-order valence-corrected chi connectivity index (χ2v) is 4.43. The van der Waals surface area contributed by atoms with Gasteiger partial charge in [-0.25, -0.2) is 4.79 Å². The van der Waals surface area contributed by atoms with Crippen molar-refractivity contribution in [2.45, 2.75) is 18.6 Å². The van der Waals surface area contributed by atoms with E-state index in [0.717, 1.165) is 0 Å². The van der Waals surface area contributed by atoms with Crippen molar-refractivity contribution >= 4 is 11.9 Å². The van der Waals surface area contributed by atoms with Crippen LogP contribution in [0.2, 0.25) is 0 Å². The van der Waals surface area contributed by atoms with Gasteiger partial charge in [-0.15, -0.1) is 0 Å². The molecule has 4 heteroatoms. The van der Waals surface area contributed by atoms with Gasteiger partial charge in [-0.05, 0) is 18.2 Å². The quantitative estimate of drug-likeness (QED) is 0.587. The molecule has 92 valence electrons. The van der Waals surface area contributed by atoms with Crippen LogP contribution in [0.4, 0.5) is 0 Å². The Hall–Kier alpha value is -2.10. The Morgan fingerprint density at radius 1 is 1.22 bits per heavy atom. The molecule has 4 rings (SSSR count). The highest BCUT2D eigenvalue weighted by molar-refractivity contribution is 5.90. The molecule has 3 unspecified atom stereocenters. The highest BCUT2D eigenvalue weighted by Gasteiger charge is 2.42. The van der Waals surface area contributed by atoms with Crippen LogP contribution in [0.25, 0.3) is 0 Å². The summed E-state index contributed by atoms with van der Waals surface area (Å²) in [5.74, 6) is -1.16. The molecule has 0 aromatic heterocycles. The van der Waals surface area contributed by atoms with E-state index in [1.165, 1.54) is 0 Å². The molecule has 0 saturated carbocycles. The summed E-state index contributed by atoms with van der Waals surface area (Å²) in [6.45, 7) is 0. The Bertz CT molecular complexity index is 506. The molecule has 0 spiro atoms. The minimum absolute atomic E-state index is 0.254. The van der Waals surface area contributed by atoms with Crippen molar-refractivity contribution in [1.82, 2.24) is 0 Å². The standard InChI is InChI=1S/C14H12O4/c15-13(9-4-2-1-3-5-9)18-12-8-10-6-7-11(12)14(16)17-10/h1-7,10-12H,8H2. The predicted octanol–water partition coefficient (Wildman–Crippen LogP) is 1.71. The maximum Gasteiger partial charge on any atom is 0.338 e. The monoisotopic (exact) mass is 244 g/mol. The number of hydrogen-bond donors (Lipinski definition) is 0. The lowest BCUT2D eigenvalue weighted by atomic mass is 9.88. The highest BCUT2D eigenvalue weighted by atomic mass is 16.6. The van der Waals surface area contributed by atoms with Crippen molar-refractivity contribution in [2.75, 3.05) is 0 Å². The van der Waals surface area contributed by atoms with Crippen LogP contribution in [0.5, 0.6) is 0 Å². The van der Waals surface area contributed by atoms with Gasteiger partial charge in [-0.2, -0.15) is 0 Å². The Balaban J connectivity index is 1.73. The zero-order valence-electron chi connectivity index (χ0n) is 9.61. The van der Waals surface area contributed by atoms with Gasteiger partial charge in [-0.3, -0.25) is 4.79 Å². The molecular weight excluding hydrogens is 232 g/mol. The molecule has 2 heterocycles. The minimum Gasteiger partial charge on any atom is -0.457 e. The smallest absolute Gasteiger partial charge is 0.338 e. The lowest BCUT2D eigenvalue weighted by Gasteiger charge is -2.35. The van der Waals surface area contributed by atoms with Crippen LogP contribution in [0.15, 0.2) is 42.5 Å². The number of carbonyl (C=O) groups is 2. The molecule has 1 aliphatic carbocycles. The maximum atomic E-state index is 11.9. The summed E-state index contributed by atoms with van der Waals surface area (Å²) in [6.07, 6.45) is 3.50. The minimum atomic E-state index is -0.456. The number of ether oxygens (including phenoxy) is 2. The first kappa shape index (κ1) is 11.0. The number of hydrogen-bond acceptors (Lipinski definition) is 4. The predicted molar refractivity (Wildman–Crippen MR) is 62.8 cm³/mol. The number of carbonyl (C=O) groups excluding carboxylic acids is 2. The van der Waals surface area contributed by atoms with Crippen LogP contribution >= 0.6 is 0 Å². The molecule has 1 aromatic rings. The normalized spacial score (nSPS) is 28.9. The first-order valence-corrected chi connectivity index (χ1v) is 5.89. The molecule has 0 N–H and O–H groups in total. The van der Waals surface area contributed by atoms with E-state index >= 15 is 0 Å². The van der Waals surface area contributed by atoms with E-state index in [9.17, 15) is 9.59 Å². The number of fused-ring (bicyclic) bond motifs is 2. The fourth-order valence-corrected chi connectivity index (χ4v) is 2.27. The van der Waals surface area contributed by atoms with Crippen LogP contribution in [0.1, 0.15) is 16.8 Å². The fraction of sp³-hybridized carbons (Fsp3) is 0.286. The first-order valence-electron chi connectivity index (χ1n) is 5.89. The van der Waals surface area contributed by atoms with Gasteiger partial charge in [0.25, 0.3) is 0 Å². The van der Waals surface area contributed by atoms with E-state index in [1.54, 1.807) is 30.3 Å². The zero-order chi connectivity index (χ0) is 12.5. The van der Waals surface area contributed by atoms with Crippen molar-refractivity contribution in [3.8, 4) is 0 Å². The number of benzene rings is 1. The van der Waals surface area contributed by atoms with E-state index < -0.39 is 18.0 Å². The van der Waals surface area contributed by atoms with E-state index in [4.69, 9.17) is 9.47 Å². The summed E-state index contributed by atoms with van der Waals surface area (Å²) in [7, 11) is 0. The Morgan fingerprint density at radius 3 is 2.67 bits per heavy atom. The van der Waals surface area contributed by atoms with Crippen molar-refractivity contribution in [3.05, 3.63) is 48.0 Å². The summed E-state index contributed by atoms with van der Waals surface area (Å²) in [6, 6.07) is 8.77. The Morgan fingerprint density at radius 2 is 2.00 bits per heavy atom. The average Bonchev–Trinajstić information content (AvgIpc) is 2.40. The molecule has 2 aliphatic heterocycles. The third kappa shape index (κ3) is 1.90. The summed E-state index contributed by atoms with van der Waals surface area (Å²) in [4.78, 5) is 23.4. The fourth-order valence-electron chi connectivity index (χ4n) is 2.27. The second kappa shape index (κ2) is 4.29. The lowest BCUT2D eigenvalue weighted by molar-refractivity contribution is -0.165. The molecule has 0 radical (unpaired) electrons. The third-order valence-electron chi connectivity index (χ3n) is 3.21. The van der Waals surface area contributed by atoms with Gasteiger partial charge < -0.3 is 9.47 Å².